The highest BCUT2D eigenvalue weighted by Crippen LogP contribution is 2.33. The lowest BCUT2D eigenvalue weighted by atomic mass is 9.78. The van der Waals surface area contributed by atoms with Crippen molar-refractivity contribution in [2.75, 3.05) is 0 Å². The van der Waals surface area contributed by atoms with E-state index in [1.54, 1.807) is 27.8 Å². The maximum atomic E-state index is 2.48. The Morgan fingerprint density at radius 1 is 1.00 bits per heavy atom. The third-order valence-electron chi connectivity index (χ3n) is 4.01. The van der Waals surface area contributed by atoms with Gasteiger partial charge in [0, 0.05) is 0 Å². The van der Waals surface area contributed by atoms with Gasteiger partial charge in [-0.3, -0.25) is 0 Å². The van der Waals surface area contributed by atoms with Gasteiger partial charge in [0.25, 0.3) is 0 Å². The Kier molecular flexibility index (Phi) is 3.68. The summed E-state index contributed by atoms with van der Waals surface area (Å²) in [7, 11) is 0. The van der Waals surface area contributed by atoms with E-state index >= 15 is 0 Å². The summed E-state index contributed by atoms with van der Waals surface area (Å²) in [4.78, 5) is 0. The molecule has 0 bridgehead atoms. The van der Waals surface area contributed by atoms with Crippen LogP contribution in [0.25, 0.3) is 0 Å². The van der Waals surface area contributed by atoms with Gasteiger partial charge < -0.3 is 0 Å². The van der Waals surface area contributed by atoms with Crippen molar-refractivity contribution in [3.05, 3.63) is 33.9 Å². The number of hydrogen-bond donors (Lipinski definition) is 0. The topological polar surface area (TPSA) is 0 Å². The number of rotatable bonds is 5. The van der Waals surface area contributed by atoms with Crippen LogP contribution < -0.4 is 0 Å². The molecule has 0 fully saturated rings. The van der Waals surface area contributed by atoms with Crippen molar-refractivity contribution in [3.63, 3.8) is 0 Å². The van der Waals surface area contributed by atoms with Gasteiger partial charge in [0.2, 0.25) is 0 Å². The van der Waals surface area contributed by atoms with Crippen molar-refractivity contribution in [2.24, 2.45) is 0 Å². The van der Waals surface area contributed by atoms with E-state index in [2.05, 4.69) is 26.8 Å². The fourth-order valence-corrected chi connectivity index (χ4v) is 2.98. The van der Waals surface area contributed by atoms with Crippen LogP contribution in [0.3, 0.4) is 0 Å². The number of benzene rings is 1. The van der Waals surface area contributed by atoms with E-state index in [0.717, 1.165) is 0 Å². The molecule has 2 rings (SSSR count). The monoisotopic (exact) mass is 216 g/mol. The van der Waals surface area contributed by atoms with Gasteiger partial charge in [0.15, 0.2) is 0 Å². The predicted molar refractivity (Wildman–Crippen MR) is 71.2 cm³/mol. The van der Waals surface area contributed by atoms with Gasteiger partial charge in [-0.1, -0.05) is 33.3 Å². The largest absolute Gasteiger partial charge is 0.0654 e. The second kappa shape index (κ2) is 5.03. The highest BCUT2D eigenvalue weighted by Gasteiger charge is 2.21. The molecule has 0 saturated carbocycles. The summed E-state index contributed by atoms with van der Waals surface area (Å²) in [5, 5.41) is 0. The first-order chi connectivity index (χ1) is 7.81. The number of aryl methyl sites for hydroxylation is 2. The minimum atomic E-state index is 1.20. The second-order valence-corrected chi connectivity index (χ2v) is 4.94. The van der Waals surface area contributed by atoms with Gasteiger partial charge in [-0.2, -0.15) is 0 Å². The third-order valence-corrected chi connectivity index (χ3v) is 4.01. The van der Waals surface area contributed by atoms with Crippen molar-refractivity contribution in [1.82, 2.24) is 0 Å². The molecule has 0 atom stereocenters. The molecule has 0 amide bonds. The highest BCUT2D eigenvalue weighted by atomic mass is 14.3. The van der Waals surface area contributed by atoms with Crippen molar-refractivity contribution in [2.45, 2.75) is 65.7 Å². The summed E-state index contributed by atoms with van der Waals surface area (Å²) in [6.07, 6.45) is 9.07. The molecule has 1 aromatic rings. The molecule has 88 valence electrons. The van der Waals surface area contributed by atoms with E-state index in [4.69, 9.17) is 0 Å². The SMILES string of the molecule is CCCCc1c(CC)c(CC)cc2c1CC2. The van der Waals surface area contributed by atoms with Gasteiger partial charge in [-0.05, 0) is 66.3 Å². The van der Waals surface area contributed by atoms with Crippen molar-refractivity contribution in [3.8, 4) is 0 Å². The molecule has 0 aromatic heterocycles. The van der Waals surface area contributed by atoms with Gasteiger partial charge in [0.1, 0.15) is 0 Å². The smallest absolute Gasteiger partial charge is 0.0233 e. The van der Waals surface area contributed by atoms with E-state index in [1.807, 2.05) is 0 Å². The minimum absolute atomic E-state index is 1.20. The first-order valence-electron chi connectivity index (χ1n) is 6.97. The van der Waals surface area contributed by atoms with Crippen LogP contribution in [0.1, 0.15) is 61.4 Å². The summed E-state index contributed by atoms with van der Waals surface area (Å²) in [5.74, 6) is 0. The zero-order chi connectivity index (χ0) is 11.5. The molecule has 1 aliphatic rings. The normalized spacial score (nSPS) is 13.4. The maximum absolute atomic E-state index is 2.48. The standard InChI is InChI=1S/C16H24/c1-4-7-8-16-14(6-3)12(5-2)11-13-9-10-15(13)16/h11H,4-10H2,1-3H3. The fraction of sp³-hybridized carbons (Fsp3) is 0.625. The van der Waals surface area contributed by atoms with Crippen molar-refractivity contribution >= 4 is 0 Å². The van der Waals surface area contributed by atoms with Crippen LogP contribution in [0.4, 0.5) is 0 Å². The number of unbranched alkanes of at least 4 members (excludes halogenated alkanes) is 1. The molecule has 16 heavy (non-hydrogen) atoms. The van der Waals surface area contributed by atoms with E-state index in [-0.39, 0.29) is 0 Å². The van der Waals surface area contributed by atoms with Gasteiger partial charge >= 0.3 is 0 Å². The molecule has 0 spiro atoms. The summed E-state index contributed by atoms with van der Waals surface area (Å²) in [6, 6.07) is 2.48. The number of hydrogen-bond acceptors (Lipinski definition) is 0. The fourth-order valence-electron chi connectivity index (χ4n) is 2.98. The van der Waals surface area contributed by atoms with Crippen LogP contribution in [0.15, 0.2) is 6.07 Å². The molecule has 0 saturated heterocycles. The van der Waals surface area contributed by atoms with E-state index < -0.39 is 0 Å². The van der Waals surface area contributed by atoms with Crippen LogP contribution in [0.2, 0.25) is 0 Å². The Labute approximate surface area is 100 Å². The molecule has 0 N–H and O–H groups in total. The number of fused-ring (bicyclic) bond motifs is 1. The highest BCUT2D eigenvalue weighted by molar-refractivity contribution is 5.50. The van der Waals surface area contributed by atoms with Crippen LogP contribution in [-0.4, -0.2) is 0 Å². The van der Waals surface area contributed by atoms with Crippen molar-refractivity contribution < 1.29 is 0 Å². The van der Waals surface area contributed by atoms with E-state index in [1.165, 1.54) is 44.9 Å². The Morgan fingerprint density at radius 2 is 1.81 bits per heavy atom. The quantitative estimate of drug-likeness (QED) is 0.690. The van der Waals surface area contributed by atoms with E-state index in [0.29, 0.717) is 0 Å². The first-order valence-corrected chi connectivity index (χ1v) is 6.97. The summed E-state index contributed by atoms with van der Waals surface area (Å²) < 4.78 is 0. The van der Waals surface area contributed by atoms with Gasteiger partial charge in [0.05, 0.1) is 0 Å². The molecular weight excluding hydrogens is 192 g/mol. The van der Waals surface area contributed by atoms with Crippen LogP contribution >= 0.6 is 0 Å². The lowest BCUT2D eigenvalue weighted by Gasteiger charge is -2.27. The predicted octanol–water partition coefficient (Wildman–Crippen LogP) is 4.25. The van der Waals surface area contributed by atoms with Gasteiger partial charge in [-0.25, -0.2) is 0 Å². The Hall–Kier alpha value is -0.780. The average molecular weight is 216 g/mol. The summed E-state index contributed by atoms with van der Waals surface area (Å²) in [6.45, 7) is 6.90. The third kappa shape index (κ3) is 1.90. The summed E-state index contributed by atoms with van der Waals surface area (Å²) in [5.41, 5.74) is 8.38. The summed E-state index contributed by atoms with van der Waals surface area (Å²) >= 11 is 0. The molecular formula is C16H24. The Morgan fingerprint density at radius 3 is 2.31 bits per heavy atom. The van der Waals surface area contributed by atoms with Crippen LogP contribution in [0.5, 0.6) is 0 Å². The molecule has 0 aliphatic heterocycles. The lowest BCUT2D eigenvalue weighted by Crippen LogP contribution is -2.16. The molecule has 1 aliphatic carbocycles. The molecule has 0 nitrogen and oxygen atoms in total. The molecule has 0 unspecified atom stereocenters. The maximum Gasteiger partial charge on any atom is -0.0233 e. The molecule has 1 aromatic carbocycles. The Balaban J connectivity index is 2.41. The molecule has 0 heterocycles. The van der Waals surface area contributed by atoms with Crippen LogP contribution in [0, 0.1) is 0 Å². The Bertz CT molecular complexity index is 374. The first kappa shape index (κ1) is 11.7. The minimum Gasteiger partial charge on any atom is -0.0654 e. The zero-order valence-corrected chi connectivity index (χ0v) is 11.0. The zero-order valence-electron chi connectivity index (χ0n) is 11.0. The van der Waals surface area contributed by atoms with E-state index in [9.17, 15) is 0 Å². The van der Waals surface area contributed by atoms with Gasteiger partial charge in [-0.15, -0.1) is 0 Å². The lowest BCUT2D eigenvalue weighted by molar-refractivity contribution is 0.738. The average Bonchev–Trinajstić information content (AvgIpc) is 2.27. The molecule has 0 heteroatoms. The van der Waals surface area contributed by atoms with Crippen LogP contribution in [-0.2, 0) is 32.1 Å². The molecule has 0 radical (unpaired) electrons. The van der Waals surface area contributed by atoms with Crippen molar-refractivity contribution in [1.29, 1.82) is 0 Å². The second-order valence-electron chi connectivity index (χ2n) is 4.94.